The summed E-state index contributed by atoms with van der Waals surface area (Å²) >= 11 is 0. The highest BCUT2D eigenvalue weighted by Crippen LogP contribution is 2.22. The van der Waals surface area contributed by atoms with Crippen LogP contribution in [-0.2, 0) is 11.2 Å². The number of benzene rings is 1. The van der Waals surface area contributed by atoms with Crippen molar-refractivity contribution in [3.63, 3.8) is 0 Å². The number of pyridine rings is 1. The molecule has 2 aromatic rings. The Hall–Kier alpha value is -2.17. The van der Waals surface area contributed by atoms with E-state index in [2.05, 4.69) is 60.0 Å². The molecule has 2 aliphatic carbocycles. The van der Waals surface area contributed by atoms with E-state index in [1.165, 1.54) is 29.2 Å². The predicted octanol–water partition coefficient (Wildman–Crippen LogP) is 2.45. The molecule has 4 rings (SSSR count). The molecule has 0 amide bonds. The van der Waals surface area contributed by atoms with Crippen LogP contribution in [0.5, 0.6) is 0 Å². The van der Waals surface area contributed by atoms with Gasteiger partial charge in [0.25, 0.3) is 0 Å². The molecule has 27 heavy (non-hydrogen) atoms. The van der Waals surface area contributed by atoms with Gasteiger partial charge in [0.1, 0.15) is 0 Å². The minimum atomic E-state index is 0.407. The van der Waals surface area contributed by atoms with Gasteiger partial charge in [-0.15, -0.1) is 0 Å². The Balaban J connectivity index is 1.73. The van der Waals surface area contributed by atoms with Crippen LogP contribution in [0.25, 0.3) is 23.4 Å². The molecule has 1 saturated carbocycles. The summed E-state index contributed by atoms with van der Waals surface area (Å²) in [5.74, 6) is 0. The molecule has 4 heteroatoms. The summed E-state index contributed by atoms with van der Waals surface area (Å²) in [7, 11) is 1.74. The van der Waals surface area contributed by atoms with Gasteiger partial charge in [0.05, 0.1) is 17.6 Å². The lowest BCUT2D eigenvalue weighted by Crippen LogP contribution is -2.41. The Kier molecular flexibility index (Phi) is 5.55. The summed E-state index contributed by atoms with van der Waals surface area (Å²) in [6.07, 6.45) is 9.28. The molecule has 0 aliphatic heterocycles. The first-order chi connectivity index (χ1) is 13.3. The molecule has 2 N–H and O–H groups in total. The number of anilines is 1. The number of hydrogen-bond acceptors (Lipinski definition) is 4. The van der Waals surface area contributed by atoms with Gasteiger partial charge < -0.3 is 15.4 Å². The van der Waals surface area contributed by atoms with Crippen molar-refractivity contribution in [3.05, 3.63) is 46.5 Å². The van der Waals surface area contributed by atoms with Crippen LogP contribution in [0.15, 0.2) is 30.3 Å². The van der Waals surface area contributed by atoms with Crippen molar-refractivity contribution in [2.75, 3.05) is 25.6 Å². The van der Waals surface area contributed by atoms with Gasteiger partial charge in [-0.3, -0.25) is 0 Å². The lowest BCUT2D eigenvalue weighted by molar-refractivity contribution is 0.211. The molecule has 2 aliphatic rings. The van der Waals surface area contributed by atoms with Crippen LogP contribution < -0.4 is 21.2 Å². The molecule has 0 bridgehead atoms. The Morgan fingerprint density at radius 3 is 2.89 bits per heavy atom. The minimum Gasteiger partial charge on any atom is -0.383 e. The SMILES string of the molecule is CCc1cccc(-c2cc(NCCOC)c3c(n2)=CCC(NC2CC2)C=3)c1. The maximum Gasteiger partial charge on any atom is 0.0730 e. The normalized spacial score (nSPS) is 18.4. The van der Waals surface area contributed by atoms with E-state index in [9.17, 15) is 0 Å². The first kappa shape index (κ1) is 18.2. The zero-order valence-corrected chi connectivity index (χ0v) is 16.3. The van der Waals surface area contributed by atoms with Crippen LogP contribution in [0.4, 0.5) is 5.69 Å². The van der Waals surface area contributed by atoms with Gasteiger partial charge in [-0.1, -0.05) is 37.3 Å². The number of aromatic nitrogens is 1. The number of fused-ring (bicyclic) bond motifs is 1. The molecule has 142 valence electrons. The first-order valence-corrected chi connectivity index (χ1v) is 10.1. The third-order valence-electron chi connectivity index (χ3n) is 5.30. The highest BCUT2D eigenvalue weighted by molar-refractivity contribution is 5.67. The van der Waals surface area contributed by atoms with Gasteiger partial charge in [-0.2, -0.15) is 0 Å². The monoisotopic (exact) mass is 363 g/mol. The van der Waals surface area contributed by atoms with E-state index < -0.39 is 0 Å². The standard InChI is InChI=1S/C23H29N3O/c1-3-16-5-4-6-17(13-16)22-15-23(24-11-12-27-2)20-14-19(25-18-7-8-18)9-10-21(20)26-22/h4-6,10,13-15,18-19,24-25H,3,7-9,11-12H2,1-2H3. The van der Waals surface area contributed by atoms with E-state index in [1.807, 2.05) is 0 Å². The molecule has 0 radical (unpaired) electrons. The van der Waals surface area contributed by atoms with Crippen LogP contribution in [0.3, 0.4) is 0 Å². The Morgan fingerprint density at radius 2 is 2.11 bits per heavy atom. The third-order valence-corrected chi connectivity index (χ3v) is 5.30. The van der Waals surface area contributed by atoms with Crippen molar-refractivity contribution in [2.45, 2.75) is 44.7 Å². The second-order valence-corrected chi connectivity index (χ2v) is 7.48. The topological polar surface area (TPSA) is 46.2 Å². The highest BCUT2D eigenvalue weighted by Gasteiger charge is 2.24. The highest BCUT2D eigenvalue weighted by atomic mass is 16.5. The lowest BCUT2D eigenvalue weighted by atomic mass is 10.0. The van der Waals surface area contributed by atoms with Gasteiger partial charge in [0.2, 0.25) is 0 Å². The van der Waals surface area contributed by atoms with E-state index in [1.54, 1.807) is 7.11 Å². The van der Waals surface area contributed by atoms with Crippen LogP contribution in [0.2, 0.25) is 0 Å². The van der Waals surface area contributed by atoms with Crippen LogP contribution in [0, 0.1) is 0 Å². The zero-order chi connectivity index (χ0) is 18.6. The van der Waals surface area contributed by atoms with Crippen LogP contribution in [0.1, 0.15) is 31.7 Å². The lowest BCUT2D eigenvalue weighted by Gasteiger charge is -2.18. The summed E-state index contributed by atoms with van der Waals surface area (Å²) in [5.41, 5.74) is 4.69. The Morgan fingerprint density at radius 1 is 1.22 bits per heavy atom. The van der Waals surface area contributed by atoms with Crippen molar-refractivity contribution >= 4 is 17.8 Å². The fraction of sp³-hybridized carbons (Fsp3) is 0.435. The van der Waals surface area contributed by atoms with Gasteiger partial charge in [0.15, 0.2) is 0 Å². The molecule has 1 fully saturated rings. The fourth-order valence-electron chi connectivity index (χ4n) is 3.61. The number of methoxy groups -OCH3 is 1. The van der Waals surface area contributed by atoms with E-state index in [-0.39, 0.29) is 0 Å². The summed E-state index contributed by atoms with van der Waals surface area (Å²) in [6.45, 7) is 3.66. The molecule has 1 aromatic carbocycles. The number of rotatable bonds is 8. The number of nitrogens with zero attached hydrogens (tertiary/aromatic N) is 1. The average molecular weight is 364 g/mol. The number of hydrogen-bond donors (Lipinski definition) is 2. The fourth-order valence-corrected chi connectivity index (χ4v) is 3.61. The molecular formula is C23H29N3O. The first-order valence-electron chi connectivity index (χ1n) is 10.1. The predicted molar refractivity (Wildman–Crippen MR) is 112 cm³/mol. The molecule has 4 nitrogen and oxygen atoms in total. The summed E-state index contributed by atoms with van der Waals surface area (Å²) in [4.78, 5) is 4.99. The Labute approximate surface area is 161 Å². The summed E-state index contributed by atoms with van der Waals surface area (Å²) in [6, 6.07) is 12.0. The largest absolute Gasteiger partial charge is 0.383 e. The van der Waals surface area contributed by atoms with Gasteiger partial charge >= 0.3 is 0 Å². The van der Waals surface area contributed by atoms with Crippen molar-refractivity contribution in [3.8, 4) is 11.3 Å². The van der Waals surface area contributed by atoms with E-state index >= 15 is 0 Å². The Bertz CT molecular complexity index is 918. The smallest absolute Gasteiger partial charge is 0.0730 e. The average Bonchev–Trinajstić information content (AvgIpc) is 3.52. The third kappa shape index (κ3) is 4.40. The number of ether oxygens (including phenoxy) is 1. The second-order valence-electron chi connectivity index (χ2n) is 7.48. The van der Waals surface area contributed by atoms with Crippen molar-refractivity contribution in [1.29, 1.82) is 0 Å². The molecular weight excluding hydrogens is 334 g/mol. The minimum absolute atomic E-state index is 0.407. The quantitative estimate of drug-likeness (QED) is 0.708. The van der Waals surface area contributed by atoms with Crippen molar-refractivity contribution < 1.29 is 4.74 Å². The van der Waals surface area contributed by atoms with E-state index in [0.717, 1.165) is 36.1 Å². The van der Waals surface area contributed by atoms with Crippen LogP contribution in [-0.4, -0.2) is 37.3 Å². The maximum atomic E-state index is 5.23. The molecule has 0 spiro atoms. The van der Waals surface area contributed by atoms with E-state index in [4.69, 9.17) is 9.72 Å². The van der Waals surface area contributed by atoms with E-state index in [0.29, 0.717) is 18.7 Å². The molecule has 1 heterocycles. The number of aryl methyl sites for hydroxylation is 1. The maximum absolute atomic E-state index is 5.23. The van der Waals surface area contributed by atoms with Crippen molar-refractivity contribution in [2.24, 2.45) is 0 Å². The van der Waals surface area contributed by atoms with Crippen LogP contribution >= 0.6 is 0 Å². The second kappa shape index (κ2) is 8.24. The molecule has 1 unspecified atom stereocenters. The van der Waals surface area contributed by atoms with Crippen molar-refractivity contribution in [1.82, 2.24) is 10.3 Å². The van der Waals surface area contributed by atoms with Gasteiger partial charge in [-0.25, -0.2) is 4.98 Å². The number of nitrogens with one attached hydrogen (secondary N) is 2. The van der Waals surface area contributed by atoms with Gasteiger partial charge in [-0.05, 0) is 43.4 Å². The molecule has 1 aromatic heterocycles. The summed E-state index contributed by atoms with van der Waals surface area (Å²) in [5, 5.41) is 9.58. The summed E-state index contributed by atoms with van der Waals surface area (Å²) < 4.78 is 5.23. The molecule has 0 saturated heterocycles. The van der Waals surface area contributed by atoms with Gasteiger partial charge in [0, 0.05) is 42.2 Å². The zero-order valence-electron chi connectivity index (χ0n) is 16.3. The molecule has 1 atom stereocenters.